The molecule has 1 aromatic rings. The fraction of sp³-hybridized carbons (Fsp3) is 0.571. The predicted octanol–water partition coefficient (Wildman–Crippen LogP) is 4.52. The molecule has 1 aromatic carbocycles. The van der Waals surface area contributed by atoms with Gasteiger partial charge in [-0.15, -0.1) is 0 Å². The second-order valence-corrected chi connectivity index (χ2v) is 5.85. The molecule has 1 unspecified atom stereocenters. The monoisotopic (exact) mass is 271 g/mol. The Kier molecular flexibility index (Phi) is 7.74. The van der Waals surface area contributed by atoms with Gasteiger partial charge in [-0.3, -0.25) is 0 Å². The largest absolute Gasteiger partial charge is 0.310 e. The molecule has 0 fully saturated rings. The van der Waals surface area contributed by atoms with Crippen LogP contribution in [0, 0.1) is 0 Å². The summed E-state index contributed by atoms with van der Waals surface area (Å²) in [5.74, 6) is 2.46. The summed E-state index contributed by atoms with van der Waals surface area (Å²) in [6, 6.07) is 8.59. The van der Waals surface area contributed by atoms with Crippen LogP contribution in [0.15, 0.2) is 24.3 Å². The number of hydrogen-bond acceptors (Lipinski definition) is 2. The third kappa shape index (κ3) is 5.80. The van der Waals surface area contributed by atoms with Crippen LogP contribution in [0.2, 0.25) is 5.02 Å². The maximum absolute atomic E-state index is 6.02. The molecular formula is C14H22ClNS. The van der Waals surface area contributed by atoms with Crippen LogP contribution in [-0.4, -0.2) is 18.1 Å². The van der Waals surface area contributed by atoms with Crippen molar-refractivity contribution in [1.29, 1.82) is 0 Å². The second kappa shape index (κ2) is 8.84. The highest BCUT2D eigenvalue weighted by molar-refractivity contribution is 7.99. The molecule has 1 rings (SSSR count). The van der Waals surface area contributed by atoms with Crippen LogP contribution in [0.1, 0.15) is 38.3 Å². The summed E-state index contributed by atoms with van der Waals surface area (Å²) in [4.78, 5) is 0. The summed E-state index contributed by atoms with van der Waals surface area (Å²) in [5, 5.41) is 4.42. The Balaban J connectivity index is 2.38. The fourth-order valence-corrected chi connectivity index (χ4v) is 2.65. The zero-order chi connectivity index (χ0) is 12.5. The van der Waals surface area contributed by atoms with Gasteiger partial charge in [0.05, 0.1) is 0 Å². The molecule has 0 spiro atoms. The first kappa shape index (κ1) is 14.9. The number of halogens is 1. The zero-order valence-corrected chi connectivity index (χ0v) is 12.3. The first-order valence-corrected chi connectivity index (χ1v) is 7.87. The Bertz CT molecular complexity index is 317. The average Bonchev–Trinajstić information content (AvgIpc) is 2.34. The molecular weight excluding hydrogens is 250 g/mol. The van der Waals surface area contributed by atoms with E-state index in [0.29, 0.717) is 6.04 Å². The van der Waals surface area contributed by atoms with Crippen LogP contribution in [0.3, 0.4) is 0 Å². The minimum absolute atomic E-state index is 0.431. The molecule has 0 heterocycles. The van der Waals surface area contributed by atoms with Crippen LogP contribution in [-0.2, 0) is 0 Å². The summed E-state index contributed by atoms with van der Waals surface area (Å²) in [5.41, 5.74) is 1.29. The molecule has 1 N–H and O–H groups in total. The van der Waals surface area contributed by atoms with Crippen molar-refractivity contribution in [3.05, 3.63) is 34.9 Å². The van der Waals surface area contributed by atoms with Gasteiger partial charge in [-0.1, -0.05) is 37.6 Å². The number of benzene rings is 1. The Labute approximate surface area is 114 Å². The van der Waals surface area contributed by atoms with E-state index in [2.05, 4.69) is 31.3 Å². The van der Waals surface area contributed by atoms with Gasteiger partial charge < -0.3 is 5.32 Å². The van der Waals surface area contributed by atoms with E-state index in [4.69, 9.17) is 11.6 Å². The number of nitrogens with one attached hydrogen (secondary N) is 1. The maximum Gasteiger partial charge on any atom is 0.0409 e. The van der Waals surface area contributed by atoms with E-state index in [-0.39, 0.29) is 0 Å². The fourth-order valence-electron chi connectivity index (χ4n) is 1.82. The van der Waals surface area contributed by atoms with Gasteiger partial charge in [0.1, 0.15) is 0 Å². The van der Waals surface area contributed by atoms with E-state index in [1.807, 2.05) is 23.9 Å². The van der Waals surface area contributed by atoms with Crippen molar-refractivity contribution in [2.45, 2.75) is 32.7 Å². The molecule has 0 saturated carbocycles. The van der Waals surface area contributed by atoms with E-state index in [0.717, 1.165) is 18.0 Å². The SMILES string of the molecule is CCSCCCNC(CC)c1cccc(Cl)c1. The minimum Gasteiger partial charge on any atom is -0.310 e. The van der Waals surface area contributed by atoms with Crippen LogP contribution in [0.5, 0.6) is 0 Å². The molecule has 0 saturated heterocycles. The van der Waals surface area contributed by atoms with E-state index >= 15 is 0 Å². The summed E-state index contributed by atoms with van der Waals surface area (Å²) in [6.07, 6.45) is 2.33. The van der Waals surface area contributed by atoms with E-state index in [1.165, 1.54) is 23.5 Å². The summed E-state index contributed by atoms with van der Waals surface area (Å²) >= 11 is 8.02. The Hall–Kier alpha value is -0.180. The smallest absolute Gasteiger partial charge is 0.0409 e. The number of hydrogen-bond donors (Lipinski definition) is 1. The van der Waals surface area contributed by atoms with E-state index in [9.17, 15) is 0 Å². The van der Waals surface area contributed by atoms with Crippen molar-refractivity contribution in [3.8, 4) is 0 Å². The lowest BCUT2D eigenvalue weighted by molar-refractivity contribution is 0.520. The van der Waals surface area contributed by atoms with Gasteiger partial charge in [0, 0.05) is 11.1 Å². The molecule has 0 aliphatic heterocycles. The standard InChI is InChI=1S/C14H22ClNS/c1-3-14(16-9-6-10-17-4-2)12-7-5-8-13(15)11-12/h5,7-8,11,14,16H,3-4,6,9-10H2,1-2H3. The lowest BCUT2D eigenvalue weighted by Crippen LogP contribution is -2.22. The zero-order valence-electron chi connectivity index (χ0n) is 10.7. The molecule has 0 aliphatic rings. The predicted molar refractivity (Wildman–Crippen MR) is 80.1 cm³/mol. The first-order chi connectivity index (χ1) is 8.27. The molecule has 1 nitrogen and oxygen atoms in total. The molecule has 0 aliphatic carbocycles. The van der Waals surface area contributed by atoms with E-state index in [1.54, 1.807) is 0 Å². The van der Waals surface area contributed by atoms with Gasteiger partial charge in [0.25, 0.3) is 0 Å². The average molecular weight is 272 g/mol. The van der Waals surface area contributed by atoms with Crippen LogP contribution in [0.25, 0.3) is 0 Å². The molecule has 0 bridgehead atoms. The molecule has 1 atom stereocenters. The van der Waals surface area contributed by atoms with Crippen LogP contribution < -0.4 is 5.32 Å². The number of rotatable bonds is 8. The maximum atomic E-state index is 6.02. The number of thioether (sulfide) groups is 1. The van der Waals surface area contributed by atoms with Crippen molar-refractivity contribution < 1.29 is 0 Å². The van der Waals surface area contributed by atoms with Gasteiger partial charge in [-0.25, -0.2) is 0 Å². The lowest BCUT2D eigenvalue weighted by atomic mass is 10.0. The van der Waals surface area contributed by atoms with Crippen molar-refractivity contribution in [3.63, 3.8) is 0 Å². The Morgan fingerprint density at radius 2 is 2.18 bits per heavy atom. The highest BCUT2D eigenvalue weighted by atomic mass is 35.5. The van der Waals surface area contributed by atoms with E-state index < -0.39 is 0 Å². The highest BCUT2D eigenvalue weighted by Gasteiger charge is 2.08. The molecule has 17 heavy (non-hydrogen) atoms. The molecule has 0 aromatic heterocycles. The third-order valence-corrected chi connectivity index (χ3v) is 3.94. The first-order valence-electron chi connectivity index (χ1n) is 6.34. The topological polar surface area (TPSA) is 12.0 Å². The summed E-state index contributed by atoms with van der Waals surface area (Å²) < 4.78 is 0. The van der Waals surface area contributed by atoms with Gasteiger partial charge in [-0.2, -0.15) is 11.8 Å². The van der Waals surface area contributed by atoms with Crippen molar-refractivity contribution in [2.75, 3.05) is 18.1 Å². The third-order valence-electron chi connectivity index (χ3n) is 2.72. The Morgan fingerprint density at radius 3 is 2.82 bits per heavy atom. The minimum atomic E-state index is 0.431. The Morgan fingerprint density at radius 1 is 1.35 bits per heavy atom. The highest BCUT2D eigenvalue weighted by Crippen LogP contribution is 2.20. The molecule has 96 valence electrons. The lowest BCUT2D eigenvalue weighted by Gasteiger charge is -2.17. The molecule has 0 amide bonds. The van der Waals surface area contributed by atoms with Gasteiger partial charge in [-0.05, 0) is 48.6 Å². The second-order valence-electron chi connectivity index (χ2n) is 4.02. The quantitative estimate of drug-likeness (QED) is 0.698. The van der Waals surface area contributed by atoms with Gasteiger partial charge in [0.15, 0.2) is 0 Å². The molecule has 0 radical (unpaired) electrons. The van der Waals surface area contributed by atoms with Crippen molar-refractivity contribution in [1.82, 2.24) is 5.32 Å². The van der Waals surface area contributed by atoms with Gasteiger partial charge >= 0.3 is 0 Å². The van der Waals surface area contributed by atoms with Crippen molar-refractivity contribution in [2.24, 2.45) is 0 Å². The summed E-state index contributed by atoms with van der Waals surface area (Å²) in [6.45, 7) is 5.50. The normalized spacial score (nSPS) is 12.6. The summed E-state index contributed by atoms with van der Waals surface area (Å²) in [7, 11) is 0. The van der Waals surface area contributed by atoms with Crippen molar-refractivity contribution >= 4 is 23.4 Å². The molecule has 3 heteroatoms. The van der Waals surface area contributed by atoms with Crippen LogP contribution in [0.4, 0.5) is 0 Å². The van der Waals surface area contributed by atoms with Gasteiger partial charge in [0.2, 0.25) is 0 Å². The van der Waals surface area contributed by atoms with Crippen LogP contribution >= 0.6 is 23.4 Å².